The van der Waals surface area contributed by atoms with Crippen molar-refractivity contribution in [1.29, 1.82) is 0 Å². The van der Waals surface area contributed by atoms with E-state index in [1.807, 2.05) is 24.3 Å². The zero-order valence-electron chi connectivity index (χ0n) is 64.6. The standard InChI is InChI=1S/C56H54N4.C44H30N4.2Zn/c1-29-21-33(5)49(34(6)22-29)53-41-13-15-43(57-41)54(50-35(7)23-30(2)24-36(50)8)45-17-19-47(59-45)56(52-39(11)27-32(4)28-40(52)12)48-20-18-46(60-48)55(44-16-14-42(53)58-44)51-37(9)25-31(3)26-38(51)10;1-5-13-29(14-6-1)41-33-21-23-35(45-33)42(30-15-7-2-8-16-30)37-25-27-39(47-37)44(32-19-11-4-12-20-32)40-28-26-38(48-40)43(31-17-9-3-10-18-31)36-24-22-34(41)46-36;;/h13-28,57,60H,1-12H3;1-28,45,48H;;. The van der Waals surface area contributed by atoms with Crippen molar-refractivity contribution in [2.45, 2.75) is 83.1 Å². The van der Waals surface area contributed by atoms with Gasteiger partial charge in [-0.15, -0.1) is 0 Å². The number of hydrogen-bond donors (Lipinski definition) is 4. The Morgan fingerprint density at radius 1 is 0.173 bits per heavy atom. The number of benzene rings is 8. The fourth-order valence-corrected chi connectivity index (χ4v) is 17.4. The van der Waals surface area contributed by atoms with Crippen molar-refractivity contribution < 1.29 is 39.0 Å². The summed E-state index contributed by atoms with van der Waals surface area (Å²) in [5.74, 6) is 0. The number of aromatic amines is 4. The summed E-state index contributed by atoms with van der Waals surface area (Å²) in [5.41, 5.74) is 47.9. The minimum Gasteiger partial charge on any atom is -0.354 e. The van der Waals surface area contributed by atoms with Crippen LogP contribution < -0.4 is 0 Å². The van der Waals surface area contributed by atoms with E-state index in [0.717, 1.165) is 156 Å². The smallest absolute Gasteiger partial charge is 0.0737 e. The largest absolute Gasteiger partial charge is 0.354 e. The Bertz CT molecular complexity index is 5680. The Balaban J connectivity index is 0.000000175. The molecule has 14 aromatic rings. The van der Waals surface area contributed by atoms with Gasteiger partial charge in [0.25, 0.3) is 0 Å². The minimum atomic E-state index is 0. The maximum atomic E-state index is 5.63. The van der Waals surface area contributed by atoms with Crippen LogP contribution >= 0.6 is 0 Å². The van der Waals surface area contributed by atoms with Crippen LogP contribution in [0, 0.1) is 83.1 Å². The first kappa shape index (κ1) is 73.7. The molecule has 16 bridgehead atoms. The van der Waals surface area contributed by atoms with Gasteiger partial charge in [-0.3, -0.25) is 0 Å². The summed E-state index contributed by atoms with van der Waals surface area (Å²) >= 11 is 0. The predicted octanol–water partition coefficient (Wildman–Crippen LogP) is 26.3. The molecule has 8 aromatic carbocycles. The first-order chi connectivity index (χ1) is 52.5. The summed E-state index contributed by atoms with van der Waals surface area (Å²) in [5, 5.41) is 0. The van der Waals surface area contributed by atoms with Gasteiger partial charge in [0.15, 0.2) is 0 Å². The molecule has 6 aromatic heterocycles. The van der Waals surface area contributed by atoms with Crippen molar-refractivity contribution in [2.24, 2.45) is 0 Å². The summed E-state index contributed by atoms with van der Waals surface area (Å²) < 4.78 is 0. The number of nitrogens with zero attached hydrogens (tertiary/aromatic N) is 4. The molecule has 10 heterocycles. The third kappa shape index (κ3) is 13.7. The fourth-order valence-electron chi connectivity index (χ4n) is 17.4. The average Bonchev–Trinajstić information content (AvgIpc) is 1.60. The second-order valence-corrected chi connectivity index (χ2v) is 29.6. The zero-order chi connectivity index (χ0) is 74.2. The van der Waals surface area contributed by atoms with Gasteiger partial charge in [-0.25, -0.2) is 19.9 Å². The van der Waals surface area contributed by atoms with Crippen LogP contribution in [0.5, 0.6) is 0 Å². The summed E-state index contributed by atoms with van der Waals surface area (Å²) in [7, 11) is 0. The molecule has 0 saturated heterocycles. The van der Waals surface area contributed by atoms with E-state index in [1.54, 1.807) is 0 Å². The number of H-pyrrole nitrogens is 4. The molecule has 8 nitrogen and oxygen atoms in total. The number of hydrogen-bond acceptors (Lipinski definition) is 4. The van der Waals surface area contributed by atoms with Gasteiger partial charge < -0.3 is 19.9 Å². The fraction of sp³-hybridized carbons (Fsp3) is 0.120. The molecule has 4 N–H and O–H groups in total. The van der Waals surface area contributed by atoms with E-state index in [9.17, 15) is 0 Å². The molecule has 18 rings (SSSR count). The van der Waals surface area contributed by atoms with Crippen molar-refractivity contribution >= 4 is 92.7 Å². The van der Waals surface area contributed by atoms with Gasteiger partial charge in [-0.1, -0.05) is 192 Å². The van der Waals surface area contributed by atoms with Crippen LogP contribution in [-0.4, -0.2) is 39.9 Å². The molecule has 10 heteroatoms. The molecule has 0 fully saturated rings. The van der Waals surface area contributed by atoms with Crippen LogP contribution in [0.4, 0.5) is 0 Å². The molecule has 0 spiro atoms. The normalized spacial score (nSPS) is 11.9. The van der Waals surface area contributed by atoms with Gasteiger partial charge in [0.2, 0.25) is 0 Å². The molecule has 0 amide bonds. The molecule has 0 unspecified atom stereocenters. The van der Waals surface area contributed by atoms with E-state index in [2.05, 4.69) is 346 Å². The van der Waals surface area contributed by atoms with Gasteiger partial charge in [0, 0.05) is 128 Å². The molecule has 110 heavy (non-hydrogen) atoms. The molecule has 0 radical (unpaired) electrons. The molecule has 0 atom stereocenters. The Labute approximate surface area is 669 Å². The second-order valence-electron chi connectivity index (χ2n) is 29.6. The summed E-state index contributed by atoms with van der Waals surface area (Å²) in [6.45, 7) is 26.5. The van der Waals surface area contributed by atoms with Gasteiger partial charge >= 0.3 is 0 Å². The van der Waals surface area contributed by atoms with Crippen LogP contribution in [0.25, 0.3) is 182 Å². The molecular formula is C100H84N8Zn2. The number of fused-ring (bicyclic) bond motifs is 16. The molecule has 4 aliphatic rings. The molecular weight excluding hydrogens is 1440 g/mol. The van der Waals surface area contributed by atoms with Crippen LogP contribution in [-0.2, 0) is 39.0 Å². The van der Waals surface area contributed by atoms with E-state index in [0.29, 0.717) is 0 Å². The van der Waals surface area contributed by atoms with Crippen LogP contribution in [0.1, 0.15) is 112 Å². The summed E-state index contributed by atoms with van der Waals surface area (Å²) in [6.07, 6.45) is 17.4. The Hall–Kier alpha value is -11.8. The van der Waals surface area contributed by atoms with Crippen LogP contribution in [0.2, 0.25) is 0 Å². The third-order valence-corrected chi connectivity index (χ3v) is 21.5. The number of nitrogens with one attached hydrogen (secondary N) is 4. The summed E-state index contributed by atoms with van der Waals surface area (Å²) in [4.78, 5) is 37.5. The first-order valence-corrected chi connectivity index (χ1v) is 37.3. The maximum Gasteiger partial charge on any atom is 0.0737 e. The first-order valence-electron chi connectivity index (χ1n) is 37.3. The van der Waals surface area contributed by atoms with Crippen LogP contribution in [0.15, 0.2) is 218 Å². The van der Waals surface area contributed by atoms with Crippen molar-refractivity contribution in [2.75, 3.05) is 0 Å². The van der Waals surface area contributed by atoms with Crippen molar-refractivity contribution in [1.82, 2.24) is 39.9 Å². The second kappa shape index (κ2) is 30.3. The molecule has 0 saturated carbocycles. The van der Waals surface area contributed by atoms with E-state index in [-0.39, 0.29) is 39.0 Å². The molecule has 4 aliphatic heterocycles. The Morgan fingerprint density at radius 2 is 0.318 bits per heavy atom. The molecule has 528 valence electrons. The zero-order valence-corrected chi connectivity index (χ0v) is 70.5. The van der Waals surface area contributed by atoms with Crippen LogP contribution in [0.3, 0.4) is 0 Å². The Morgan fingerprint density at radius 3 is 0.482 bits per heavy atom. The van der Waals surface area contributed by atoms with Crippen molar-refractivity contribution in [3.8, 4) is 89.0 Å². The van der Waals surface area contributed by atoms with Crippen molar-refractivity contribution in [3.63, 3.8) is 0 Å². The summed E-state index contributed by atoms with van der Waals surface area (Å²) in [6, 6.07) is 77.9. The monoisotopic (exact) mass is 1520 g/mol. The van der Waals surface area contributed by atoms with Gasteiger partial charge in [-0.05, 0) is 269 Å². The predicted molar refractivity (Wildman–Crippen MR) is 458 cm³/mol. The maximum absolute atomic E-state index is 5.63. The van der Waals surface area contributed by atoms with E-state index < -0.39 is 0 Å². The van der Waals surface area contributed by atoms with E-state index >= 15 is 0 Å². The third-order valence-electron chi connectivity index (χ3n) is 21.5. The Kier molecular flexibility index (Phi) is 20.3. The van der Waals surface area contributed by atoms with Crippen molar-refractivity contribution in [3.05, 3.63) is 331 Å². The number of aryl methyl sites for hydroxylation is 12. The topological polar surface area (TPSA) is 115 Å². The van der Waals surface area contributed by atoms with E-state index in [4.69, 9.17) is 19.9 Å². The molecule has 0 aliphatic carbocycles. The van der Waals surface area contributed by atoms with Gasteiger partial charge in [0.1, 0.15) is 0 Å². The number of rotatable bonds is 8. The average molecular weight is 1530 g/mol. The quantitative estimate of drug-likeness (QED) is 0.113. The van der Waals surface area contributed by atoms with Gasteiger partial charge in [-0.2, -0.15) is 0 Å². The van der Waals surface area contributed by atoms with Gasteiger partial charge in [0.05, 0.1) is 45.6 Å². The minimum absolute atomic E-state index is 0. The van der Waals surface area contributed by atoms with E-state index in [1.165, 1.54) is 89.0 Å². The number of aromatic nitrogens is 8. The SMILES string of the molecule is C1=Cc2nc1c(-c1ccccc1)c1ccc([nH]1)c(-c1ccccc1)c1nc(c(-c3ccccc3)c3ccc([nH]3)c2-c2ccccc2)C=C1.Cc1cc(C)c(-c2c3nc(c(-c4c(C)cc(C)cc4C)c4ccc([nH]4)c(-c4c(C)cc(C)cc4C)c4nc(c(-c5c(C)cc(C)cc5C)c5ccc2[nH]5)C=C4)C=C3)c(C)c1.[Zn].[Zn].